The van der Waals surface area contributed by atoms with Gasteiger partial charge in [0.15, 0.2) is 0 Å². The van der Waals surface area contributed by atoms with Gasteiger partial charge in [-0.25, -0.2) is 4.79 Å². The minimum absolute atomic E-state index is 0.252. The number of aromatic amines is 2. The fourth-order valence-electron chi connectivity index (χ4n) is 2.69. The lowest BCUT2D eigenvalue weighted by molar-refractivity contribution is 0.0529. The Hall–Kier alpha value is -3.22. The minimum atomic E-state index is -0.482. The number of aromatic nitrogens is 2. The first-order valence-corrected chi connectivity index (χ1v) is 7.44. The van der Waals surface area contributed by atoms with Gasteiger partial charge in [0.05, 0.1) is 18.4 Å². The van der Waals surface area contributed by atoms with Crippen molar-refractivity contribution in [2.75, 3.05) is 18.6 Å². The summed E-state index contributed by atoms with van der Waals surface area (Å²) in [5, 5.41) is 10.2. The highest BCUT2D eigenvalue weighted by atomic mass is 16.5. The van der Waals surface area contributed by atoms with E-state index in [2.05, 4.69) is 9.97 Å². The second-order valence-corrected chi connectivity index (χ2v) is 5.27. The monoisotopic (exact) mass is 327 g/mol. The molecule has 0 aliphatic heterocycles. The van der Waals surface area contributed by atoms with Gasteiger partial charge >= 0.3 is 5.97 Å². The fourth-order valence-corrected chi connectivity index (χ4v) is 2.69. The summed E-state index contributed by atoms with van der Waals surface area (Å²) in [5.74, 6) is -0.482. The predicted molar refractivity (Wildman–Crippen MR) is 92.6 cm³/mol. The van der Waals surface area contributed by atoms with Gasteiger partial charge in [0.25, 0.3) is 5.56 Å². The molecule has 0 unspecified atom stereocenters. The third-order valence-electron chi connectivity index (χ3n) is 3.82. The number of carbonyl (C=O) groups excluding carboxylic acids is 1. The second kappa shape index (κ2) is 6.11. The van der Waals surface area contributed by atoms with E-state index in [1.807, 2.05) is 6.07 Å². The minimum Gasteiger partial charge on any atom is -0.514 e. The molecule has 3 aromatic rings. The number of rotatable bonds is 4. The van der Waals surface area contributed by atoms with Gasteiger partial charge in [0, 0.05) is 41.4 Å². The molecule has 0 aliphatic rings. The van der Waals surface area contributed by atoms with Crippen molar-refractivity contribution in [3.05, 3.63) is 52.8 Å². The zero-order chi connectivity index (χ0) is 17.3. The van der Waals surface area contributed by atoms with Gasteiger partial charge < -0.3 is 24.7 Å². The van der Waals surface area contributed by atoms with Gasteiger partial charge in [0.2, 0.25) is 0 Å². The van der Waals surface area contributed by atoms with Gasteiger partial charge in [-0.3, -0.25) is 4.79 Å². The third kappa shape index (κ3) is 2.50. The smallest absolute Gasteiger partial charge is 0.340 e. The summed E-state index contributed by atoms with van der Waals surface area (Å²) < 4.78 is 5.07. The fraction of sp³-hybridized carbons (Fsp3) is 0.176. The normalized spacial score (nSPS) is 11.4. The lowest BCUT2D eigenvalue weighted by atomic mass is 10.1. The lowest BCUT2D eigenvalue weighted by Gasteiger charge is -2.14. The first-order chi connectivity index (χ1) is 11.6. The topological polar surface area (TPSA) is 98.4 Å². The van der Waals surface area contributed by atoms with E-state index in [1.54, 1.807) is 31.0 Å². The molecule has 7 nitrogen and oxygen atoms in total. The number of aliphatic hydroxyl groups is 1. The standard InChI is InChI=1S/C17H17N3O4/c1-3-24-17(23)12-9-18-15-14(12)11-8-10(20(2)6-7-21)4-5-13(11)19-16(15)22/h4-9,18,21H,3H2,1-2H3,(H,19,22)/b7-6+. The van der Waals surface area contributed by atoms with Crippen LogP contribution in [0.3, 0.4) is 0 Å². The molecular weight excluding hydrogens is 310 g/mol. The number of benzene rings is 1. The Bertz CT molecular complexity index is 1000. The number of aliphatic hydroxyl groups excluding tert-OH is 1. The Balaban J connectivity index is 2.33. The van der Waals surface area contributed by atoms with E-state index < -0.39 is 5.97 Å². The van der Waals surface area contributed by atoms with Crippen molar-refractivity contribution in [1.82, 2.24) is 9.97 Å². The van der Waals surface area contributed by atoms with E-state index in [1.165, 1.54) is 12.4 Å². The summed E-state index contributed by atoms with van der Waals surface area (Å²) in [7, 11) is 1.78. The third-order valence-corrected chi connectivity index (χ3v) is 3.82. The molecule has 2 heterocycles. The van der Waals surface area contributed by atoms with Crippen LogP contribution >= 0.6 is 0 Å². The van der Waals surface area contributed by atoms with Crippen molar-refractivity contribution in [3.63, 3.8) is 0 Å². The summed E-state index contributed by atoms with van der Waals surface area (Å²) in [6.07, 6.45) is 3.92. The summed E-state index contributed by atoms with van der Waals surface area (Å²) >= 11 is 0. The van der Waals surface area contributed by atoms with Crippen LogP contribution in [-0.4, -0.2) is 34.7 Å². The van der Waals surface area contributed by atoms with Gasteiger partial charge in [-0.15, -0.1) is 0 Å². The molecule has 2 aromatic heterocycles. The number of hydrogen-bond acceptors (Lipinski definition) is 5. The summed E-state index contributed by atoms with van der Waals surface area (Å²) in [4.78, 5) is 31.8. The second-order valence-electron chi connectivity index (χ2n) is 5.27. The highest BCUT2D eigenvalue weighted by molar-refractivity contribution is 6.15. The molecule has 0 saturated heterocycles. The van der Waals surface area contributed by atoms with Gasteiger partial charge in [-0.1, -0.05) is 0 Å². The molecule has 1 aromatic carbocycles. The van der Waals surface area contributed by atoms with Crippen LogP contribution in [0.2, 0.25) is 0 Å². The number of esters is 1. The van der Waals surface area contributed by atoms with Crippen LogP contribution in [0.25, 0.3) is 21.8 Å². The number of anilines is 1. The van der Waals surface area contributed by atoms with Crippen molar-refractivity contribution < 1.29 is 14.6 Å². The molecule has 7 heteroatoms. The highest BCUT2D eigenvalue weighted by Gasteiger charge is 2.18. The zero-order valence-corrected chi connectivity index (χ0v) is 13.3. The molecule has 3 rings (SSSR count). The van der Waals surface area contributed by atoms with Crippen molar-refractivity contribution >= 4 is 33.5 Å². The van der Waals surface area contributed by atoms with Crippen molar-refractivity contribution in [1.29, 1.82) is 0 Å². The average molecular weight is 327 g/mol. The van der Waals surface area contributed by atoms with E-state index in [0.717, 1.165) is 11.9 Å². The van der Waals surface area contributed by atoms with E-state index in [9.17, 15) is 9.59 Å². The van der Waals surface area contributed by atoms with Crippen molar-refractivity contribution in [2.45, 2.75) is 6.92 Å². The first kappa shape index (κ1) is 15.7. The number of carbonyl (C=O) groups is 1. The number of nitrogens with one attached hydrogen (secondary N) is 2. The molecule has 0 saturated carbocycles. The zero-order valence-electron chi connectivity index (χ0n) is 13.3. The number of ether oxygens (including phenoxy) is 1. The van der Waals surface area contributed by atoms with Crippen LogP contribution in [0, 0.1) is 0 Å². The number of H-pyrrole nitrogens is 2. The first-order valence-electron chi connectivity index (χ1n) is 7.44. The molecule has 0 amide bonds. The molecule has 0 radical (unpaired) electrons. The van der Waals surface area contributed by atoms with E-state index in [-0.39, 0.29) is 12.2 Å². The molecule has 124 valence electrons. The number of hydrogen-bond donors (Lipinski definition) is 3. The molecule has 3 N–H and O–H groups in total. The van der Waals surface area contributed by atoms with Gasteiger partial charge in [0.1, 0.15) is 5.52 Å². The van der Waals surface area contributed by atoms with Crippen LogP contribution in [0.5, 0.6) is 0 Å². The van der Waals surface area contributed by atoms with Crippen LogP contribution in [0.1, 0.15) is 17.3 Å². The quantitative estimate of drug-likeness (QED) is 0.505. The molecule has 24 heavy (non-hydrogen) atoms. The Kier molecular flexibility index (Phi) is 3.99. The van der Waals surface area contributed by atoms with Crippen LogP contribution in [-0.2, 0) is 4.74 Å². The summed E-state index contributed by atoms with van der Waals surface area (Å²) in [6, 6.07) is 5.40. The number of nitrogens with zero attached hydrogens (tertiary/aromatic N) is 1. The van der Waals surface area contributed by atoms with E-state index >= 15 is 0 Å². The van der Waals surface area contributed by atoms with E-state index in [0.29, 0.717) is 27.4 Å². The highest BCUT2D eigenvalue weighted by Crippen LogP contribution is 2.28. The van der Waals surface area contributed by atoms with Crippen molar-refractivity contribution in [3.8, 4) is 0 Å². The molecule has 0 bridgehead atoms. The summed E-state index contributed by atoms with van der Waals surface area (Å²) in [5.41, 5.74) is 1.74. The Morgan fingerprint density at radius 3 is 2.92 bits per heavy atom. The van der Waals surface area contributed by atoms with Gasteiger partial charge in [-0.05, 0) is 25.1 Å². The Morgan fingerprint density at radius 1 is 1.42 bits per heavy atom. The Morgan fingerprint density at radius 2 is 2.21 bits per heavy atom. The lowest BCUT2D eigenvalue weighted by Crippen LogP contribution is -2.10. The SMILES string of the molecule is CCOC(=O)c1c[nH]c2c(=O)[nH]c3ccc(N(C)/C=C/O)cc3c12. The van der Waals surface area contributed by atoms with Crippen LogP contribution in [0.4, 0.5) is 5.69 Å². The summed E-state index contributed by atoms with van der Waals surface area (Å²) in [6.45, 7) is 1.98. The molecule has 0 fully saturated rings. The maximum atomic E-state index is 12.2. The average Bonchev–Trinajstić information content (AvgIpc) is 3.01. The largest absolute Gasteiger partial charge is 0.514 e. The Labute approximate surface area is 137 Å². The molecule has 0 aliphatic carbocycles. The number of pyridine rings is 1. The maximum absolute atomic E-state index is 12.2. The molecule has 0 spiro atoms. The molecular formula is C17H17N3O4. The maximum Gasteiger partial charge on any atom is 0.340 e. The molecule has 0 atom stereocenters. The van der Waals surface area contributed by atoms with E-state index in [4.69, 9.17) is 9.84 Å². The van der Waals surface area contributed by atoms with Crippen LogP contribution < -0.4 is 10.5 Å². The van der Waals surface area contributed by atoms with Crippen LogP contribution in [0.15, 0.2) is 41.7 Å². The number of fused-ring (bicyclic) bond motifs is 3. The predicted octanol–water partition coefficient (Wildman–Crippen LogP) is 2.65. The van der Waals surface area contributed by atoms with Crippen molar-refractivity contribution in [2.24, 2.45) is 0 Å². The van der Waals surface area contributed by atoms with Gasteiger partial charge in [-0.2, -0.15) is 0 Å².